The summed E-state index contributed by atoms with van der Waals surface area (Å²) in [5.41, 5.74) is 0.232. The van der Waals surface area contributed by atoms with Crippen LogP contribution < -0.4 is 5.32 Å². The van der Waals surface area contributed by atoms with Gasteiger partial charge < -0.3 is 10.2 Å². The van der Waals surface area contributed by atoms with Crippen LogP contribution >= 0.6 is 0 Å². The van der Waals surface area contributed by atoms with E-state index in [2.05, 4.69) is 49.7 Å². The lowest BCUT2D eigenvalue weighted by Gasteiger charge is -2.40. The molecule has 3 nitrogen and oxygen atoms in total. The normalized spacial score (nSPS) is 20.7. The second-order valence-corrected chi connectivity index (χ2v) is 6.95. The summed E-state index contributed by atoms with van der Waals surface area (Å²) < 4.78 is 0. The van der Waals surface area contributed by atoms with Gasteiger partial charge in [-0.15, -0.1) is 0 Å². The van der Waals surface area contributed by atoms with Gasteiger partial charge >= 0.3 is 0 Å². The first-order valence-corrected chi connectivity index (χ1v) is 8.17. The molecule has 0 aromatic rings. The van der Waals surface area contributed by atoms with Crippen LogP contribution in [0.2, 0.25) is 0 Å². The average molecular weight is 269 g/mol. The molecule has 19 heavy (non-hydrogen) atoms. The van der Waals surface area contributed by atoms with Crippen LogP contribution in [0.25, 0.3) is 0 Å². The van der Waals surface area contributed by atoms with Crippen molar-refractivity contribution in [3.8, 4) is 0 Å². The molecule has 1 rings (SSSR count). The summed E-state index contributed by atoms with van der Waals surface area (Å²) >= 11 is 0. The molecule has 0 spiro atoms. The lowest BCUT2D eigenvalue weighted by atomic mass is 10.1. The van der Waals surface area contributed by atoms with Crippen LogP contribution in [-0.2, 0) is 0 Å². The lowest BCUT2D eigenvalue weighted by molar-refractivity contribution is 0.0881. The fourth-order valence-electron chi connectivity index (χ4n) is 2.84. The first-order valence-electron chi connectivity index (χ1n) is 8.17. The Morgan fingerprint density at radius 3 is 2.11 bits per heavy atom. The molecule has 1 N–H and O–H groups in total. The summed E-state index contributed by atoms with van der Waals surface area (Å²) in [6.07, 6.45) is 3.88. The number of rotatable bonds is 7. The topological polar surface area (TPSA) is 18.5 Å². The van der Waals surface area contributed by atoms with E-state index < -0.39 is 0 Å². The van der Waals surface area contributed by atoms with Crippen LogP contribution in [-0.4, -0.2) is 60.6 Å². The quantitative estimate of drug-likeness (QED) is 0.766. The molecule has 0 amide bonds. The smallest absolute Gasteiger partial charge is 0.0221 e. The van der Waals surface area contributed by atoms with Crippen LogP contribution in [0.5, 0.6) is 0 Å². The zero-order valence-electron chi connectivity index (χ0n) is 13.8. The number of hydrogen-bond donors (Lipinski definition) is 1. The van der Waals surface area contributed by atoms with Gasteiger partial charge in [0.25, 0.3) is 0 Å². The largest absolute Gasteiger partial charge is 0.311 e. The molecule has 114 valence electrons. The van der Waals surface area contributed by atoms with Crippen molar-refractivity contribution >= 4 is 0 Å². The van der Waals surface area contributed by atoms with Gasteiger partial charge in [0.05, 0.1) is 0 Å². The Labute approximate surface area is 120 Å². The molecule has 0 saturated carbocycles. The minimum absolute atomic E-state index is 0.232. The number of nitrogens with zero attached hydrogens (tertiary/aromatic N) is 2. The third-order valence-corrected chi connectivity index (χ3v) is 3.95. The van der Waals surface area contributed by atoms with Crippen molar-refractivity contribution in [1.29, 1.82) is 0 Å². The molecule has 3 heteroatoms. The Bertz CT molecular complexity index is 227. The van der Waals surface area contributed by atoms with Crippen molar-refractivity contribution < 1.29 is 0 Å². The molecule has 1 aliphatic heterocycles. The average Bonchev–Trinajstić information content (AvgIpc) is 2.35. The van der Waals surface area contributed by atoms with E-state index in [4.69, 9.17) is 0 Å². The summed E-state index contributed by atoms with van der Waals surface area (Å²) in [7, 11) is 0. The van der Waals surface area contributed by atoms with Crippen molar-refractivity contribution in [3.63, 3.8) is 0 Å². The standard InChI is InChI=1S/C16H35N3/c1-6-8-15(14-17-16(3,4)5)19-12-10-18(9-7-2)11-13-19/h15,17H,6-14H2,1-5H3. The van der Waals surface area contributed by atoms with Gasteiger partial charge in [0, 0.05) is 44.3 Å². The molecule has 0 aliphatic carbocycles. The van der Waals surface area contributed by atoms with Crippen molar-refractivity contribution in [2.45, 2.75) is 65.5 Å². The van der Waals surface area contributed by atoms with Crippen molar-refractivity contribution in [3.05, 3.63) is 0 Å². The lowest BCUT2D eigenvalue weighted by Crippen LogP contribution is -2.54. The van der Waals surface area contributed by atoms with Crippen LogP contribution in [0.15, 0.2) is 0 Å². The fraction of sp³-hybridized carbons (Fsp3) is 1.00. The molecule has 1 saturated heterocycles. The minimum atomic E-state index is 0.232. The Balaban J connectivity index is 2.40. The highest BCUT2D eigenvalue weighted by atomic mass is 15.3. The van der Waals surface area contributed by atoms with E-state index in [0.717, 1.165) is 6.54 Å². The van der Waals surface area contributed by atoms with Crippen LogP contribution in [0.4, 0.5) is 0 Å². The minimum Gasteiger partial charge on any atom is -0.311 e. The zero-order chi connectivity index (χ0) is 14.3. The van der Waals surface area contributed by atoms with Gasteiger partial charge in [-0.05, 0) is 40.2 Å². The highest BCUT2D eigenvalue weighted by molar-refractivity contribution is 4.82. The Morgan fingerprint density at radius 2 is 1.63 bits per heavy atom. The highest BCUT2D eigenvalue weighted by Crippen LogP contribution is 2.12. The zero-order valence-corrected chi connectivity index (χ0v) is 13.8. The van der Waals surface area contributed by atoms with Gasteiger partial charge in [-0.3, -0.25) is 4.90 Å². The first-order chi connectivity index (χ1) is 8.96. The van der Waals surface area contributed by atoms with Gasteiger partial charge in [-0.2, -0.15) is 0 Å². The second-order valence-electron chi connectivity index (χ2n) is 6.95. The Kier molecular flexibility index (Phi) is 7.33. The van der Waals surface area contributed by atoms with Gasteiger partial charge in [-0.25, -0.2) is 0 Å². The number of piperazine rings is 1. The maximum atomic E-state index is 3.69. The predicted octanol–water partition coefficient (Wildman–Crippen LogP) is 2.57. The predicted molar refractivity (Wildman–Crippen MR) is 84.8 cm³/mol. The Hall–Kier alpha value is -0.120. The van der Waals surface area contributed by atoms with Gasteiger partial charge in [0.15, 0.2) is 0 Å². The van der Waals surface area contributed by atoms with Crippen LogP contribution in [0.1, 0.15) is 53.9 Å². The SMILES string of the molecule is CCCC(CNC(C)(C)C)N1CCN(CCC)CC1. The summed E-state index contributed by atoms with van der Waals surface area (Å²) in [5.74, 6) is 0. The monoisotopic (exact) mass is 269 g/mol. The highest BCUT2D eigenvalue weighted by Gasteiger charge is 2.23. The summed E-state index contributed by atoms with van der Waals surface area (Å²) in [6.45, 7) is 18.8. The molecule has 0 aromatic carbocycles. The fourth-order valence-corrected chi connectivity index (χ4v) is 2.84. The van der Waals surface area contributed by atoms with Crippen molar-refractivity contribution in [2.75, 3.05) is 39.3 Å². The molecular weight excluding hydrogens is 234 g/mol. The summed E-state index contributed by atoms with van der Waals surface area (Å²) in [5, 5.41) is 3.69. The maximum Gasteiger partial charge on any atom is 0.0221 e. The number of hydrogen-bond acceptors (Lipinski definition) is 3. The molecule has 1 fully saturated rings. The van der Waals surface area contributed by atoms with E-state index in [1.807, 2.05) is 0 Å². The van der Waals surface area contributed by atoms with Gasteiger partial charge in [0.1, 0.15) is 0 Å². The molecule has 0 radical (unpaired) electrons. The molecule has 1 unspecified atom stereocenters. The molecule has 1 aliphatic rings. The van der Waals surface area contributed by atoms with Crippen molar-refractivity contribution in [1.82, 2.24) is 15.1 Å². The molecule has 0 bridgehead atoms. The van der Waals surface area contributed by atoms with Gasteiger partial charge in [0.2, 0.25) is 0 Å². The Morgan fingerprint density at radius 1 is 1.00 bits per heavy atom. The van der Waals surface area contributed by atoms with Crippen LogP contribution in [0.3, 0.4) is 0 Å². The third kappa shape index (κ3) is 6.73. The van der Waals surface area contributed by atoms with E-state index >= 15 is 0 Å². The molecule has 0 aromatic heterocycles. The van der Waals surface area contributed by atoms with E-state index in [1.54, 1.807) is 0 Å². The first kappa shape index (κ1) is 16.9. The number of nitrogens with one attached hydrogen (secondary N) is 1. The van der Waals surface area contributed by atoms with Crippen molar-refractivity contribution in [2.24, 2.45) is 0 Å². The molecular formula is C16H35N3. The second kappa shape index (κ2) is 8.23. The van der Waals surface area contributed by atoms with E-state index in [9.17, 15) is 0 Å². The third-order valence-electron chi connectivity index (χ3n) is 3.95. The van der Waals surface area contributed by atoms with Crippen LogP contribution in [0, 0.1) is 0 Å². The van der Waals surface area contributed by atoms with Gasteiger partial charge in [-0.1, -0.05) is 20.3 Å². The summed E-state index contributed by atoms with van der Waals surface area (Å²) in [6, 6.07) is 0.716. The molecule has 1 atom stereocenters. The maximum absolute atomic E-state index is 3.69. The molecule has 1 heterocycles. The van der Waals surface area contributed by atoms with E-state index in [1.165, 1.54) is 52.0 Å². The van der Waals surface area contributed by atoms with E-state index in [-0.39, 0.29) is 5.54 Å². The van der Waals surface area contributed by atoms with E-state index in [0.29, 0.717) is 6.04 Å². The summed E-state index contributed by atoms with van der Waals surface area (Å²) in [4.78, 5) is 5.31.